The lowest BCUT2D eigenvalue weighted by Crippen LogP contribution is -2.21. The molecule has 1 aliphatic rings. The molecule has 1 heterocycles. The zero-order chi connectivity index (χ0) is 16.4. The zero-order valence-corrected chi connectivity index (χ0v) is 13.6. The van der Waals surface area contributed by atoms with E-state index in [1.165, 1.54) is 11.1 Å². The number of esters is 1. The van der Waals surface area contributed by atoms with E-state index in [0.717, 1.165) is 42.5 Å². The van der Waals surface area contributed by atoms with Crippen LogP contribution >= 0.6 is 0 Å². The average molecular weight is 314 g/mol. The summed E-state index contributed by atoms with van der Waals surface area (Å²) >= 11 is 0. The van der Waals surface area contributed by atoms with E-state index in [9.17, 15) is 4.79 Å². The first kappa shape index (κ1) is 15.5. The molecule has 2 aromatic rings. The standard InChI is InChI=1S/C17H22N4O2/c1-11-8-9-12(2)14(10-11)21-16(18)15(19-20-21)17(22)23-13-6-4-3-5-7-13/h8-10,13H,3-7,18H2,1-2H3. The van der Waals surface area contributed by atoms with Crippen LogP contribution in [0.5, 0.6) is 0 Å². The highest BCUT2D eigenvalue weighted by Gasteiger charge is 2.24. The molecule has 6 heteroatoms. The van der Waals surface area contributed by atoms with Gasteiger partial charge in [0.1, 0.15) is 6.10 Å². The number of aromatic nitrogens is 3. The fraction of sp³-hybridized carbons (Fsp3) is 0.471. The molecule has 0 aliphatic heterocycles. The first-order valence-electron chi connectivity index (χ1n) is 8.06. The number of carbonyl (C=O) groups is 1. The zero-order valence-electron chi connectivity index (χ0n) is 13.6. The maximum atomic E-state index is 12.3. The smallest absolute Gasteiger partial charge is 0.363 e. The van der Waals surface area contributed by atoms with Crippen LogP contribution in [0.3, 0.4) is 0 Å². The highest BCUT2D eigenvalue weighted by molar-refractivity contribution is 5.92. The molecule has 1 aromatic heterocycles. The molecule has 0 radical (unpaired) electrons. The number of aryl methyl sites for hydroxylation is 2. The van der Waals surface area contributed by atoms with Gasteiger partial charge in [-0.25, -0.2) is 4.79 Å². The molecule has 1 fully saturated rings. The van der Waals surface area contributed by atoms with Gasteiger partial charge in [-0.3, -0.25) is 0 Å². The molecule has 0 spiro atoms. The summed E-state index contributed by atoms with van der Waals surface area (Å²) in [6.45, 7) is 3.96. The van der Waals surface area contributed by atoms with Crippen LogP contribution in [0.4, 0.5) is 5.82 Å². The van der Waals surface area contributed by atoms with E-state index in [2.05, 4.69) is 10.3 Å². The van der Waals surface area contributed by atoms with Crippen LogP contribution < -0.4 is 5.73 Å². The molecule has 23 heavy (non-hydrogen) atoms. The van der Waals surface area contributed by atoms with Gasteiger partial charge in [0, 0.05) is 0 Å². The number of carbonyl (C=O) groups excluding carboxylic acids is 1. The molecule has 0 atom stereocenters. The number of hydrogen-bond acceptors (Lipinski definition) is 5. The van der Waals surface area contributed by atoms with Crippen LogP contribution in [0.1, 0.15) is 53.7 Å². The number of nitrogens with two attached hydrogens (primary N) is 1. The number of hydrogen-bond donors (Lipinski definition) is 1. The third-order valence-corrected chi connectivity index (χ3v) is 4.32. The second kappa shape index (κ2) is 6.40. The van der Waals surface area contributed by atoms with Gasteiger partial charge in [0.2, 0.25) is 5.69 Å². The average Bonchev–Trinajstić information content (AvgIpc) is 2.92. The van der Waals surface area contributed by atoms with Gasteiger partial charge >= 0.3 is 5.97 Å². The van der Waals surface area contributed by atoms with E-state index in [-0.39, 0.29) is 17.6 Å². The third kappa shape index (κ3) is 3.21. The van der Waals surface area contributed by atoms with Gasteiger partial charge in [-0.05, 0) is 56.7 Å². The summed E-state index contributed by atoms with van der Waals surface area (Å²) in [5.74, 6) is -0.259. The van der Waals surface area contributed by atoms with Crippen molar-refractivity contribution in [1.29, 1.82) is 0 Å². The second-order valence-electron chi connectivity index (χ2n) is 6.19. The van der Waals surface area contributed by atoms with Crippen molar-refractivity contribution in [3.05, 3.63) is 35.0 Å². The largest absolute Gasteiger partial charge is 0.458 e. The molecule has 1 aliphatic carbocycles. The van der Waals surface area contributed by atoms with E-state index in [0.29, 0.717) is 0 Å². The minimum Gasteiger partial charge on any atom is -0.458 e. The summed E-state index contributed by atoms with van der Waals surface area (Å²) in [5.41, 5.74) is 9.12. The fourth-order valence-electron chi connectivity index (χ4n) is 2.95. The van der Waals surface area contributed by atoms with Gasteiger partial charge in [-0.15, -0.1) is 5.10 Å². The lowest BCUT2D eigenvalue weighted by atomic mass is 9.98. The Labute approximate surface area is 135 Å². The maximum Gasteiger partial charge on any atom is 0.363 e. The van der Waals surface area contributed by atoms with Crippen LogP contribution in [-0.4, -0.2) is 27.1 Å². The van der Waals surface area contributed by atoms with E-state index in [4.69, 9.17) is 10.5 Å². The van der Waals surface area contributed by atoms with Crippen molar-refractivity contribution in [2.45, 2.75) is 52.1 Å². The highest BCUT2D eigenvalue weighted by Crippen LogP contribution is 2.24. The number of nitrogen functional groups attached to an aromatic ring is 1. The van der Waals surface area contributed by atoms with Crippen molar-refractivity contribution in [3.8, 4) is 5.69 Å². The van der Waals surface area contributed by atoms with Crippen LogP contribution in [-0.2, 0) is 4.74 Å². The third-order valence-electron chi connectivity index (χ3n) is 4.32. The van der Waals surface area contributed by atoms with Crippen molar-refractivity contribution in [1.82, 2.24) is 15.0 Å². The predicted molar refractivity (Wildman–Crippen MR) is 87.5 cm³/mol. The van der Waals surface area contributed by atoms with Gasteiger partial charge in [0.15, 0.2) is 5.82 Å². The predicted octanol–water partition coefficient (Wildman–Crippen LogP) is 2.96. The van der Waals surface area contributed by atoms with Crippen LogP contribution in [0, 0.1) is 13.8 Å². The Hall–Kier alpha value is -2.37. The molecule has 6 nitrogen and oxygen atoms in total. The molecular weight excluding hydrogens is 292 g/mol. The Kier molecular flexibility index (Phi) is 4.32. The van der Waals surface area contributed by atoms with Crippen molar-refractivity contribution in [2.75, 3.05) is 5.73 Å². The second-order valence-corrected chi connectivity index (χ2v) is 6.19. The molecule has 0 amide bonds. The number of nitrogens with zero attached hydrogens (tertiary/aromatic N) is 3. The summed E-state index contributed by atoms with van der Waals surface area (Å²) in [4.78, 5) is 12.3. The highest BCUT2D eigenvalue weighted by atomic mass is 16.5. The van der Waals surface area contributed by atoms with E-state index < -0.39 is 5.97 Å². The van der Waals surface area contributed by atoms with Crippen molar-refractivity contribution >= 4 is 11.8 Å². The minimum absolute atomic E-state index is 0.0264. The Bertz CT molecular complexity index is 717. The Morgan fingerprint density at radius 2 is 2.00 bits per heavy atom. The Morgan fingerprint density at radius 1 is 1.26 bits per heavy atom. The van der Waals surface area contributed by atoms with Gasteiger partial charge in [0.05, 0.1) is 5.69 Å². The van der Waals surface area contributed by atoms with Crippen LogP contribution in [0.2, 0.25) is 0 Å². The monoisotopic (exact) mass is 314 g/mol. The SMILES string of the molecule is Cc1ccc(C)c(-n2nnc(C(=O)OC3CCCCC3)c2N)c1. The van der Waals surface area contributed by atoms with Crippen LogP contribution in [0.25, 0.3) is 5.69 Å². The van der Waals surface area contributed by atoms with Gasteiger partial charge in [-0.1, -0.05) is 23.8 Å². The summed E-state index contributed by atoms with van der Waals surface area (Å²) < 4.78 is 7.03. The van der Waals surface area contributed by atoms with E-state index >= 15 is 0 Å². The Balaban J connectivity index is 1.84. The number of ether oxygens (including phenoxy) is 1. The molecule has 0 saturated heterocycles. The molecule has 0 bridgehead atoms. The molecule has 1 aromatic carbocycles. The maximum absolute atomic E-state index is 12.3. The fourth-order valence-corrected chi connectivity index (χ4v) is 2.95. The molecule has 2 N–H and O–H groups in total. The molecular formula is C17H22N4O2. The quantitative estimate of drug-likeness (QED) is 0.881. The first-order chi connectivity index (χ1) is 11.1. The first-order valence-corrected chi connectivity index (χ1v) is 8.06. The number of benzene rings is 1. The summed E-state index contributed by atoms with van der Waals surface area (Å²) in [7, 11) is 0. The van der Waals surface area contributed by atoms with E-state index in [1.54, 1.807) is 0 Å². The van der Waals surface area contributed by atoms with Crippen molar-refractivity contribution in [2.24, 2.45) is 0 Å². The van der Waals surface area contributed by atoms with Gasteiger partial charge < -0.3 is 10.5 Å². The number of rotatable bonds is 3. The summed E-state index contributed by atoms with van der Waals surface area (Å²) in [6, 6.07) is 5.98. The molecule has 122 valence electrons. The molecule has 3 rings (SSSR count). The minimum atomic E-state index is -0.481. The van der Waals surface area contributed by atoms with E-state index in [1.807, 2.05) is 32.0 Å². The summed E-state index contributed by atoms with van der Waals surface area (Å²) in [5, 5.41) is 7.98. The lowest BCUT2D eigenvalue weighted by molar-refractivity contribution is 0.0205. The van der Waals surface area contributed by atoms with Gasteiger partial charge in [-0.2, -0.15) is 4.68 Å². The topological polar surface area (TPSA) is 83.0 Å². The number of anilines is 1. The van der Waals surface area contributed by atoms with Crippen molar-refractivity contribution in [3.63, 3.8) is 0 Å². The van der Waals surface area contributed by atoms with Gasteiger partial charge in [0.25, 0.3) is 0 Å². The van der Waals surface area contributed by atoms with Crippen LogP contribution in [0.15, 0.2) is 18.2 Å². The lowest BCUT2D eigenvalue weighted by Gasteiger charge is -2.21. The molecule has 1 saturated carbocycles. The molecule has 0 unspecified atom stereocenters. The normalized spacial score (nSPS) is 15.6. The van der Waals surface area contributed by atoms with Crippen molar-refractivity contribution < 1.29 is 9.53 Å². The summed E-state index contributed by atoms with van der Waals surface area (Å²) in [6.07, 6.45) is 5.21. The Morgan fingerprint density at radius 3 is 2.74 bits per heavy atom.